The van der Waals surface area contributed by atoms with Crippen molar-refractivity contribution in [2.45, 2.75) is 33.9 Å². The highest BCUT2D eigenvalue weighted by Gasteiger charge is 2.16. The van der Waals surface area contributed by atoms with Crippen LogP contribution in [0, 0.1) is 13.8 Å². The summed E-state index contributed by atoms with van der Waals surface area (Å²) in [5.41, 5.74) is 2.55. The van der Waals surface area contributed by atoms with Crippen molar-refractivity contribution in [3.63, 3.8) is 0 Å². The predicted octanol–water partition coefficient (Wildman–Crippen LogP) is 2.05. The van der Waals surface area contributed by atoms with Crippen LogP contribution in [-0.4, -0.2) is 29.4 Å². The molecule has 0 saturated carbocycles. The van der Waals surface area contributed by atoms with Gasteiger partial charge in [-0.1, -0.05) is 12.1 Å². The first-order valence-corrected chi connectivity index (χ1v) is 8.39. The van der Waals surface area contributed by atoms with Crippen LogP contribution in [0.25, 0.3) is 16.7 Å². The third-order valence-electron chi connectivity index (χ3n) is 4.45. The first kappa shape index (κ1) is 16.2. The smallest absolute Gasteiger partial charge is 0.262 e. The SMILES string of the molecule is CCn1c(=O)c2ccccc2n2c(COc3cc(C)c(C)nn3)nnc12. The van der Waals surface area contributed by atoms with E-state index in [2.05, 4.69) is 20.4 Å². The summed E-state index contributed by atoms with van der Waals surface area (Å²) in [7, 11) is 0. The summed E-state index contributed by atoms with van der Waals surface area (Å²) in [6, 6.07) is 9.26. The van der Waals surface area contributed by atoms with Crippen molar-refractivity contribution < 1.29 is 4.74 Å². The second-order valence-corrected chi connectivity index (χ2v) is 6.06. The molecule has 4 rings (SSSR count). The van der Waals surface area contributed by atoms with Gasteiger partial charge in [0.15, 0.2) is 12.4 Å². The Morgan fingerprint density at radius 1 is 1.08 bits per heavy atom. The molecule has 0 amide bonds. The van der Waals surface area contributed by atoms with Crippen molar-refractivity contribution in [3.05, 3.63) is 57.8 Å². The number of rotatable bonds is 4. The van der Waals surface area contributed by atoms with Gasteiger partial charge in [-0.3, -0.25) is 13.8 Å². The minimum Gasteiger partial charge on any atom is -0.468 e. The summed E-state index contributed by atoms with van der Waals surface area (Å²) >= 11 is 0. The number of benzene rings is 1. The zero-order chi connectivity index (χ0) is 18.3. The average molecular weight is 350 g/mol. The Hall–Kier alpha value is -3.29. The lowest BCUT2D eigenvalue weighted by Crippen LogP contribution is -2.22. The molecule has 0 aliphatic carbocycles. The summed E-state index contributed by atoms with van der Waals surface area (Å²) in [6.45, 7) is 6.44. The lowest BCUT2D eigenvalue weighted by molar-refractivity contribution is 0.279. The van der Waals surface area contributed by atoms with Crippen LogP contribution in [0.3, 0.4) is 0 Å². The van der Waals surface area contributed by atoms with Gasteiger partial charge in [-0.15, -0.1) is 15.3 Å². The van der Waals surface area contributed by atoms with Gasteiger partial charge >= 0.3 is 0 Å². The molecule has 0 aliphatic heterocycles. The predicted molar refractivity (Wildman–Crippen MR) is 96.3 cm³/mol. The van der Waals surface area contributed by atoms with Crippen LogP contribution < -0.4 is 10.3 Å². The van der Waals surface area contributed by atoms with Crippen LogP contribution in [0.4, 0.5) is 0 Å². The fourth-order valence-corrected chi connectivity index (χ4v) is 2.92. The molecule has 0 N–H and O–H groups in total. The first-order chi connectivity index (χ1) is 12.6. The molecule has 1 aromatic carbocycles. The number of ether oxygens (including phenoxy) is 1. The standard InChI is InChI=1S/C18H18N6O2/c1-4-23-17(25)13-7-5-6-8-14(13)24-15(20-22-18(23)24)10-26-16-9-11(2)12(3)19-21-16/h5-9H,4,10H2,1-3H3. The normalized spacial score (nSPS) is 11.3. The van der Waals surface area contributed by atoms with Crippen molar-refractivity contribution in [1.29, 1.82) is 0 Å². The summed E-state index contributed by atoms with van der Waals surface area (Å²) in [6.07, 6.45) is 0. The first-order valence-electron chi connectivity index (χ1n) is 8.39. The lowest BCUT2D eigenvalue weighted by Gasteiger charge is -2.10. The van der Waals surface area contributed by atoms with E-state index in [0.717, 1.165) is 16.8 Å². The van der Waals surface area contributed by atoms with E-state index in [1.54, 1.807) is 4.57 Å². The van der Waals surface area contributed by atoms with Crippen molar-refractivity contribution in [2.24, 2.45) is 0 Å². The van der Waals surface area contributed by atoms with E-state index < -0.39 is 0 Å². The van der Waals surface area contributed by atoms with Crippen molar-refractivity contribution >= 4 is 16.7 Å². The largest absolute Gasteiger partial charge is 0.468 e. The van der Waals surface area contributed by atoms with Gasteiger partial charge in [0.25, 0.3) is 5.56 Å². The molecule has 8 heteroatoms. The van der Waals surface area contributed by atoms with Gasteiger partial charge < -0.3 is 4.74 Å². The van der Waals surface area contributed by atoms with Crippen LogP contribution in [0.1, 0.15) is 24.0 Å². The molecule has 3 heterocycles. The fourth-order valence-electron chi connectivity index (χ4n) is 2.92. The van der Waals surface area contributed by atoms with Crippen LogP contribution in [0.2, 0.25) is 0 Å². The molecule has 0 saturated heterocycles. The fraction of sp³-hybridized carbons (Fsp3) is 0.278. The van der Waals surface area contributed by atoms with E-state index in [-0.39, 0.29) is 12.2 Å². The maximum absolute atomic E-state index is 12.7. The highest BCUT2D eigenvalue weighted by atomic mass is 16.5. The van der Waals surface area contributed by atoms with E-state index in [9.17, 15) is 4.79 Å². The number of aromatic nitrogens is 6. The number of fused-ring (bicyclic) bond motifs is 3. The third-order valence-corrected chi connectivity index (χ3v) is 4.45. The highest BCUT2D eigenvalue weighted by Crippen LogP contribution is 2.16. The Balaban J connectivity index is 1.82. The summed E-state index contributed by atoms with van der Waals surface area (Å²) in [5, 5.41) is 17.2. The lowest BCUT2D eigenvalue weighted by atomic mass is 10.2. The molecule has 0 bridgehead atoms. The molecule has 0 fully saturated rings. The molecule has 0 radical (unpaired) electrons. The van der Waals surface area contributed by atoms with Gasteiger partial charge in [0.2, 0.25) is 11.7 Å². The van der Waals surface area contributed by atoms with Gasteiger partial charge in [-0.05, 0) is 38.5 Å². The van der Waals surface area contributed by atoms with Gasteiger partial charge in [0.05, 0.1) is 16.6 Å². The van der Waals surface area contributed by atoms with Gasteiger partial charge in [0.1, 0.15) is 0 Å². The van der Waals surface area contributed by atoms with Crippen molar-refractivity contribution in [1.82, 2.24) is 29.4 Å². The van der Waals surface area contributed by atoms with E-state index in [1.165, 1.54) is 0 Å². The van der Waals surface area contributed by atoms with Crippen molar-refractivity contribution in [3.8, 4) is 5.88 Å². The van der Waals surface area contributed by atoms with Crippen molar-refractivity contribution in [2.75, 3.05) is 0 Å². The maximum atomic E-state index is 12.7. The quantitative estimate of drug-likeness (QED) is 0.560. The Morgan fingerprint density at radius 3 is 2.65 bits per heavy atom. The molecule has 0 spiro atoms. The Kier molecular flexibility index (Phi) is 3.87. The topological polar surface area (TPSA) is 87.2 Å². The summed E-state index contributed by atoms with van der Waals surface area (Å²) in [5.74, 6) is 1.53. The minimum absolute atomic E-state index is 0.0736. The molecular weight excluding hydrogens is 332 g/mol. The Bertz CT molecular complexity index is 1180. The van der Waals surface area contributed by atoms with Crippen LogP contribution in [0.5, 0.6) is 5.88 Å². The van der Waals surface area contributed by atoms with E-state index in [0.29, 0.717) is 29.4 Å². The van der Waals surface area contributed by atoms with Gasteiger partial charge in [-0.25, -0.2) is 0 Å². The highest BCUT2D eigenvalue weighted by molar-refractivity contribution is 5.80. The Morgan fingerprint density at radius 2 is 1.88 bits per heavy atom. The van der Waals surface area contributed by atoms with Gasteiger partial charge in [0, 0.05) is 12.6 Å². The zero-order valence-electron chi connectivity index (χ0n) is 14.8. The Labute approximate surface area is 149 Å². The van der Waals surface area contributed by atoms with E-state index >= 15 is 0 Å². The average Bonchev–Trinajstić information content (AvgIpc) is 3.07. The van der Waals surface area contributed by atoms with E-state index in [4.69, 9.17) is 4.74 Å². The number of aryl methyl sites for hydroxylation is 3. The van der Waals surface area contributed by atoms with Crippen LogP contribution in [-0.2, 0) is 13.2 Å². The molecule has 26 heavy (non-hydrogen) atoms. The molecular formula is C18H18N6O2. The van der Waals surface area contributed by atoms with E-state index in [1.807, 2.05) is 55.5 Å². The molecule has 3 aromatic heterocycles. The number of hydrogen-bond acceptors (Lipinski definition) is 6. The number of hydrogen-bond donors (Lipinski definition) is 0. The molecule has 0 aliphatic rings. The molecule has 132 valence electrons. The number of para-hydroxylation sites is 1. The van der Waals surface area contributed by atoms with Gasteiger partial charge in [-0.2, -0.15) is 5.10 Å². The maximum Gasteiger partial charge on any atom is 0.262 e. The second kappa shape index (κ2) is 6.21. The summed E-state index contributed by atoms with van der Waals surface area (Å²) < 4.78 is 9.22. The molecule has 4 aromatic rings. The number of nitrogens with zero attached hydrogens (tertiary/aromatic N) is 6. The molecule has 0 atom stereocenters. The van der Waals surface area contributed by atoms with Crippen LogP contribution in [0.15, 0.2) is 35.1 Å². The summed E-state index contributed by atoms with van der Waals surface area (Å²) in [4.78, 5) is 12.7. The minimum atomic E-state index is -0.0736. The monoisotopic (exact) mass is 350 g/mol. The van der Waals surface area contributed by atoms with Crippen LogP contribution >= 0.6 is 0 Å². The molecule has 8 nitrogen and oxygen atoms in total. The third kappa shape index (κ3) is 2.50. The second-order valence-electron chi connectivity index (χ2n) is 6.06. The molecule has 0 unspecified atom stereocenters. The zero-order valence-corrected chi connectivity index (χ0v) is 14.8.